The molecule has 1 amide bonds. The Bertz CT molecular complexity index is 535. The normalized spacial score (nSPS) is 10.8. The van der Waals surface area contributed by atoms with Crippen LogP contribution in [0.5, 0.6) is 0 Å². The van der Waals surface area contributed by atoms with Crippen LogP contribution < -0.4 is 11.1 Å². The summed E-state index contributed by atoms with van der Waals surface area (Å²) in [5.41, 5.74) is 7.18. The zero-order valence-corrected chi connectivity index (χ0v) is 11.0. The minimum atomic E-state index is 0.0569. The van der Waals surface area contributed by atoms with Crippen molar-refractivity contribution in [3.63, 3.8) is 0 Å². The molecule has 2 aromatic rings. The summed E-state index contributed by atoms with van der Waals surface area (Å²) in [6.45, 7) is 0.731. The first kappa shape index (κ1) is 13.5. The molecule has 0 fully saturated rings. The lowest BCUT2D eigenvalue weighted by molar-refractivity contribution is -0.116. The summed E-state index contributed by atoms with van der Waals surface area (Å²) >= 11 is 0. The van der Waals surface area contributed by atoms with E-state index in [1.807, 2.05) is 18.2 Å². The number of nitrogens with zero attached hydrogens (tertiary/aromatic N) is 1. The molecule has 0 atom stereocenters. The first-order chi connectivity index (χ1) is 9.31. The number of carbonyl (C=O) groups excluding carboxylic acids is 1. The predicted octanol–water partition coefficient (Wildman–Crippen LogP) is 2.41. The third kappa shape index (κ3) is 3.79. The van der Waals surface area contributed by atoms with E-state index in [1.165, 1.54) is 0 Å². The van der Waals surface area contributed by atoms with Gasteiger partial charge in [-0.1, -0.05) is 18.9 Å². The van der Waals surface area contributed by atoms with Crippen molar-refractivity contribution in [2.24, 2.45) is 5.73 Å². The maximum Gasteiger partial charge on any atom is 0.224 e. The highest BCUT2D eigenvalue weighted by atomic mass is 16.1. The monoisotopic (exact) mass is 260 g/mol. The van der Waals surface area contributed by atoms with E-state index in [-0.39, 0.29) is 5.91 Å². The van der Waals surface area contributed by atoms with Crippen LogP contribution in [0.3, 0.4) is 0 Å². The van der Waals surface area contributed by atoms with Gasteiger partial charge in [-0.3, -0.25) is 9.89 Å². The fourth-order valence-electron chi connectivity index (χ4n) is 2.07. The molecule has 1 aromatic carbocycles. The molecule has 0 aliphatic rings. The van der Waals surface area contributed by atoms with E-state index in [2.05, 4.69) is 15.5 Å². The lowest BCUT2D eigenvalue weighted by Crippen LogP contribution is -2.11. The third-order valence-electron chi connectivity index (χ3n) is 3.12. The summed E-state index contributed by atoms with van der Waals surface area (Å²) in [6, 6.07) is 5.73. The number of hydrogen-bond donors (Lipinski definition) is 3. The first-order valence-electron chi connectivity index (χ1n) is 6.73. The Hall–Kier alpha value is -1.88. The molecule has 102 valence electrons. The molecule has 0 aliphatic heterocycles. The number of amides is 1. The lowest BCUT2D eigenvalue weighted by Gasteiger charge is -2.06. The van der Waals surface area contributed by atoms with Crippen LogP contribution in [-0.2, 0) is 4.79 Å². The van der Waals surface area contributed by atoms with E-state index in [0.29, 0.717) is 6.42 Å². The molecule has 19 heavy (non-hydrogen) atoms. The van der Waals surface area contributed by atoms with Gasteiger partial charge in [0, 0.05) is 11.8 Å². The number of fused-ring (bicyclic) bond motifs is 1. The maximum atomic E-state index is 11.8. The number of anilines is 1. The van der Waals surface area contributed by atoms with Crippen molar-refractivity contribution in [2.45, 2.75) is 32.1 Å². The molecule has 0 radical (unpaired) electrons. The van der Waals surface area contributed by atoms with Crippen LogP contribution in [0.15, 0.2) is 24.4 Å². The van der Waals surface area contributed by atoms with Gasteiger partial charge in [0.05, 0.1) is 17.4 Å². The molecule has 0 bridgehead atoms. The van der Waals surface area contributed by atoms with Gasteiger partial charge >= 0.3 is 0 Å². The number of rotatable bonds is 7. The zero-order valence-electron chi connectivity index (χ0n) is 11.0. The molecule has 1 aromatic heterocycles. The second kappa shape index (κ2) is 6.89. The third-order valence-corrected chi connectivity index (χ3v) is 3.12. The Kier molecular flexibility index (Phi) is 4.92. The Balaban J connectivity index is 1.83. The molecule has 0 spiro atoms. The summed E-state index contributed by atoms with van der Waals surface area (Å²) in [6.07, 6.45) is 6.38. The number of carbonyl (C=O) groups is 1. The Morgan fingerprint density at radius 2 is 2.11 bits per heavy atom. The van der Waals surface area contributed by atoms with E-state index >= 15 is 0 Å². The zero-order chi connectivity index (χ0) is 13.5. The first-order valence-corrected chi connectivity index (χ1v) is 6.73. The molecule has 2 rings (SSSR count). The summed E-state index contributed by atoms with van der Waals surface area (Å²) < 4.78 is 0. The van der Waals surface area contributed by atoms with Gasteiger partial charge in [0.25, 0.3) is 0 Å². The molecule has 1 heterocycles. The number of aromatic nitrogens is 2. The van der Waals surface area contributed by atoms with Crippen LogP contribution in [0.1, 0.15) is 32.1 Å². The van der Waals surface area contributed by atoms with Gasteiger partial charge in [-0.05, 0) is 31.5 Å². The van der Waals surface area contributed by atoms with E-state index in [0.717, 1.165) is 48.8 Å². The Labute approximate surface area is 112 Å². The second-order valence-electron chi connectivity index (χ2n) is 4.64. The van der Waals surface area contributed by atoms with Crippen LogP contribution >= 0.6 is 0 Å². The number of nitrogens with one attached hydrogen (secondary N) is 2. The average molecular weight is 260 g/mol. The SMILES string of the molecule is NCCCCCCC(=O)Nc1cccc2[nH]ncc12. The van der Waals surface area contributed by atoms with Gasteiger partial charge in [-0.15, -0.1) is 0 Å². The van der Waals surface area contributed by atoms with E-state index in [1.54, 1.807) is 6.20 Å². The van der Waals surface area contributed by atoms with Crippen LogP contribution in [0, 0.1) is 0 Å². The second-order valence-corrected chi connectivity index (χ2v) is 4.64. The Morgan fingerprint density at radius 1 is 1.26 bits per heavy atom. The highest BCUT2D eigenvalue weighted by molar-refractivity contribution is 6.00. The largest absolute Gasteiger partial charge is 0.330 e. The number of nitrogens with two attached hydrogens (primary N) is 1. The molecule has 0 aliphatic carbocycles. The number of benzene rings is 1. The van der Waals surface area contributed by atoms with E-state index in [4.69, 9.17) is 5.73 Å². The summed E-state index contributed by atoms with van der Waals surface area (Å²) in [7, 11) is 0. The predicted molar refractivity (Wildman–Crippen MR) is 76.9 cm³/mol. The summed E-state index contributed by atoms with van der Waals surface area (Å²) in [4.78, 5) is 11.8. The van der Waals surface area contributed by atoms with Gasteiger partial charge in [0.15, 0.2) is 0 Å². The molecule has 0 saturated carbocycles. The van der Waals surface area contributed by atoms with Gasteiger partial charge in [0.1, 0.15) is 0 Å². The molecule has 5 nitrogen and oxygen atoms in total. The van der Waals surface area contributed by atoms with Crippen LogP contribution in [0.2, 0.25) is 0 Å². The quantitative estimate of drug-likeness (QED) is 0.668. The van der Waals surface area contributed by atoms with Crippen molar-refractivity contribution in [1.82, 2.24) is 10.2 Å². The average Bonchev–Trinajstić information content (AvgIpc) is 2.88. The van der Waals surface area contributed by atoms with Gasteiger partial charge < -0.3 is 11.1 Å². The van der Waals surface area contributed by atoms with Gasteiger partial charge in [-0.25, -0.2) is 0 Å². The molecule has 0 unspecified atom stereocenters. The Morgan fingerprint density at radius 3 is 2.95 bits per heavy atom. The van der Waals surface area contributed by atoms with Crippen LogP contribution in [-0.4, -0.2) is 22.6 Å². The highest BCUT2D eigenvalue weighted by Crippen LogP contribution is 2.21. The number of unbranched alkanes of at least 4 members (excludes halogenated alkanes) is 3. The topological polar surface area (TPSA) is 83.8 Å². The van der Waals surface area contributed by atoms with Crippen molar-refractivity contribution in [3.05, 3.63) is 24.4 Å². The van der Waals surface area contributed by atoms with Crippen molar-refractivity contribution >= 4 is 22.5 Å². The smallest absolute Gasteiger partial charge is 0.224 e. The molecular formula is C14H20N4O. The van der Waals surface area contributed by atoms with Crippen molar-refractivity contribution < 1.29 is 4.79 Å². The molecule has 0 saturated heterocycles. The number of H-pyrrole nitrogens is 1. The maximum absolute atomic E-state index is 11.8. The fourth-order valence-corrected chi connectivity index (χ4v) is 2.07. The highest BCUT2D eigenvalue weighted by Gasteiger charge is 2.06. The minimum Gasteiger partial charge on any atom is -0.330 e. The minimum absolute atomic E-state index is 0.0569. The van der Waals surface area contributed by atoms with Gasteiger partial charge in [0.2, 0.25) is 5.91 Å². The number of hydrogen-bond acceptors (Lipinski definition) is 3. The van der Waals surface area contributed by atoms with Crippen LogP contribution in [0.4, 0.5) is 5.69 Å². The molecular weight excluding hydrogens is 240 g/mol. The molecule has 5 heteroatoms. The molecule has 4 N–H and O–H groups in total. The summed E-state index contributed by atoms with van der Waals surface area (Å²) in [5, 5.41) is 10.7. The lowest BCUT2D eigenvalue weighted by atomic mass is 10.1. The number of aromatic amines is 1. The van der Waals surface area contributed by atoms with E-state index < -0.39 is 0 Å². The standard InChI is InChI=1S/C14H20N4O/c15-9-4-2-1-3-8-14(19)17-12-6-5-7-13-11(12)10-16-18-13/h5-7,10H,1-4,8-9,15H2,(H,16,18)(H,17,19). The van der Waals surface area contributed by atoms with Crippen LogP contribution in [0.25, 0.3) is 10.9 Å². The van der Waals surface area contributed by atoms with Crippen molar-refractivity contribution in [1.29, 1.82) is 0 Å². The summed E-state index contributed by atoms with van der Waals surface area (Å²) in [5.74, 6) is 0.0569. The van der Waals surface area contributed by atoms with Crippen molar-refractivity contribution in [2.75, 3.05) is 11.9 Å². The van der Waals surface area contributed by atoms with E-state index in [9.17, 15) is 4.79 Å². The van der Waals surface area contributed by atoms with Gasteiger partial charge in [-0.2, -0.15) is 5.10 Å². The fraction of sp³-hybridized carbons (Fsp3) is 0.429. The van der Waals surface area contributed by atoms with Crippen molar-refractivity contribution in [3.8, 4) is 0 Å².